The van der Waals surface area contributed by atoms with E-state index in [4.69, 9.17) is 3.32 Å². The Morgan fingerprint density at radius 1 is 1.08 bits per heavy atom. The second-order valence-corrected chi connectivity index (χ2v) is 16.1. The predicted molar refractivity (Wildman–Crippen MR) is 117 cm³/mol. The van der Waals surface area contributed by atoms with E-state index in [1.807, 2.05) is 0 Å². The van der Waals surface area contributed by atoms with Gasteiger partial charge in [0, 0.05) is 0 Å². The van der Waals surface area contributed by atoms with E-state index < -0.39 is 25.9 Å². The van der Waals surface area contributed by atoms with E-state index in [0.29, 0.717) is 5.04 Å². The van der Waals surface area contributed by atoms with E-state index in [9.17, 15) is 0 Å². The number of benzene rings is 1. The topological polar surface area (TPSA) is 9.23 Å². The van der Waals surface area contributed by atoms with Gasteiger partial charge in [0.1, 0.15) is 0 Å². The summed E-state index contributed by atoms with van der Waals surface area (Å²) in [6.07, 6.45) is 5.46. The molecule has 0 amide bonds. The maximum atomic E-state index is 6.38. The molecule has 1 aromatic carbocycles. The molecule has 140 valence electrons. The van der Waals surface area contributed by atoms with Gasteiger partial charge in [-0.3, -0.25) is 0 Å². The monoisotopic (exact) mass is 434 g/mol. The summed E-state index contributed by atoms with van der Waals surface area (Å²) < 4.78 is 7.84. The van der Waals surface area contributed by atoms with E-state index >= 15 is 0 Å². The normalized spacial score (nSPS) is 14.0. The summed E-state index contributed by atoms with van der Waals surface area (Å²) in [6, 6.07) is 6.82. The summed E-state index contributed by atoms with van der Waals surface area (Å²) in [7, 11) is -1.55. The fraction of sp³-hybridized carbons (Fsp3) is 0.450. The van der Waals surface area contributed by atoms with Gasteiger partial charge in [-0.1, -0.05) is 0 Å². The van der Waals surface area contributed by atoms with Crippen LogP contribution < -0.4 is 8.51 Å². The maximum absolute atomic E-state index is 6.38. The number of halogens is 2. The molecule has 0 atom stereocenters. The van der Waals surface area contributed by atoms with E-state index in [0.717, 1.165) is 12.2 Å². The molecule has 1 aliphatic carbocycles. The summed E-state index contributed by atoms with van der Waals surface area (Å²) in [5, 5.41) is 1.82. The van der Waals surface area contributed by atoms with Crippen molar-refractivity contribution in [2.75, 3.05) is 0 Å². The van der Waals surface area contributed by atoms with Crippen LogP contribution >= 0.6 is 24.8 Å². The molecule has 0 unspecified atom stereocenters. The summed E-state index contributed by atoms with van der Waals surface area (Å²) in [5.41, 5.74) is 2.66. The van der Waals surface area contributed by atoms with Crippen molar-refractivity contribution in [2.45, 2.75) is 59.2 Å². The quantitative estimate of drug-likeness (QED) is 0.517. The number of hydrogen-bond donors (Lipinski definition) is 0. The molecular formula is C20H32Cl2OSiTi. The molecule has 1 aliphatic rings. The van der Waals surface area contributed by atoms with E-state index in [1.165, 1.54) is 20.2 Å². The molecule has 0 saturated heterocycles. The third-order valence-corrected chi connectivity index (χ3v) is 13.6. The third kappa shape index (κ3) is 5.68. The van der Waals surface area contributed by atoms with Gasteiger partial charge in [0.25, 0.3) is 0 Å². The Balaban J connectivity index is 0.00000288. The van der Waals surface area contributed by atoms with Gasteiger partial charge in [-0.2, -0.15) is 0 Å². The molecule has 0 aromatic heterocycles. The minimum absolute atomic E-state index is 0. The first kappa shape index (κ1) is 24.9. The number of aryl methyl sites for hydroxylation is 1. The molecule has 0 spiro atoms. The summed E-state index contributed by atoms with van der Waals surface area (Å²) in [4.78, 5) is 4.39. The van der Waals surface area contributed by atoms with Gasteiger partial charge in [-0.25, -0.2) is 0 Å². The molecule has 25 heavy (non-hydrogen) atoms. The second kappa shape index (κ2) is 9.19. The van der Waals surface area contributed by atoms with E-state index in [1.54, 1.807) is 0 Å². The van der Waals surface area contributed by atoms with Crippen LogP contribution in [0.3, 0.4) is 0 Å². The van der Waals surface area contributed by atoms with Crippen molar-refractivity contribution in [1.82, 2.24) is 0 Å². The Labute approximate surface area is 173 Å². The molecule has 0 aliphatic heterocycles. The van der Waals surface area contributed by atoms with Gasteiger partial charge in [0.15, 0.2) is 0 Å². The van der Waals surface area contributed by atoms with E-state index in [-0.39, 0.29) is 24.8 Å². The molecule has 0 saturated carbocycles. The van der Waals surface area contributed by atoms with Gasteiger partial charge in [0.05, 0.1) is 0 Å². The van der Waals surface area contributed by atoms with Crippen molar-refractivity contribution in [2.24, 2.45) is 0 Å². The van der Waals surface area contributed by atoms with Crippen molar-refractivity contribution in [3.05, 3.63) is 45.4 Å². The van der Waals surface area contributed by atoms with Crippen molar-refractivity contribution >= 4 is 42.9 Å². The third-order valence-electron chi connectivity index (χ3n) is 5.39. The van der Waals surface area contributed by atoms with Gasteiger partial charge < -0.3 is 0 Å². The van der Waals surface area contributed by atoms with Crippen molar-refractivity contribution in [3.63, 3.8) is 0 Å². The predicted octanol–water partition coefficient (Wildman–Crippen LogP) is 6.13. The zero-order valence-corrected chi connectivity index (χ0v) is 20.7. The van der Waals surface area contributed by atoms with Gasteiger partial charge in [-0.15, -0.1) is 24.8 Å². The van der Waals surface area contributed by atoms with Crippen LogP contribution in [-0.2, 0) is 17.8 Å². The fourth-order valence-corrected chi connectivity index (χ4v) is 6.89. The van der Waals surface area contributed by atoms with Crippen molar-refractivity contribution < 1.29 is 21.1 Å². The summed E-state index contributed by atoms with van der Waals surface area (Å²) in [5.74, 6) is 1.03. The Hall–Kier alpha value is -0.119. The first-order chi connectivity index (χ1) is 10.5. The first-order valence-corrected chi connectivity index (χ1v) is 13.9. The Morgan fingerprint density at radius 2 is 1.68 bits per heavy atom. The first-order valence-electron chi connectivity index (χ1n) is 8.38. The van der Waals surface area contributed by atoms with Crippen LogP contribution in [0, 0.1) is 6.92 Å². The average Bonchev–Trinajstić information content (AvgIpc) is 2.83. The standard InChI is InChI=1S/C13H22OSi.C6H7.CH2.2ClH.Ti/c1-10-7-11(14)9-12(8-10)15(5,6)13(2,3)4;1-6-4-2-3-5-6;;;;/h7-9,14H,1-6H3;2,4H,3H2,1H3;1H2;2*1H;/q;;;;;+1/p-1. The molecule has 0 N–H and O–H groups in total. The van der Waals surface area contributed by atoms with Gasteiger partial charge >= 0.3 is 149 Å². The summed E-state index contributed by atoms with van der Waals surface area (Å²) in [6.45, 7) is 16.4. The van der Waals surface area contributed by atoms with Crippen molar-refractivity contribution in [1.29, 1.82) is 0 Å². The molecular weight excluding hydrogens is 403 g/mol. The Kier molecular flexibility index (Phi) is 9.15. The zero-order chi connectivity index (χ0) is 17.4. The molecule has 1 aromatic rings. The van der Waals surface area contributed by atoms with Crippen molar-refractivity contribution in [3.8, 4) is 5.75 Å². The average molecular weight is 435 g/mol. The molecule has 0 radical (unpaired) electrons. The number of hydrogen-bond acceptors (Lipinski definition) is 1. The zero-order valence-electron chi connectivity index (χ0n) is 16.5. The number of rotatable bonds is 4. The Bertz CT molecular complexity index is 700. The SMILES string of the molecule is Cl.Cl.[CH2]=[Ti]([O]c1cc(C)cc([Si](C)(C)C(C)(C)C)c1)[C]1=C(C)C=CC1. The van der Waals surface area contributed by atoms with E-state index in [2.05, 4.69) is 82.9 Å². The van der Waals surface area contributed by atoms with Crippen LogP contribution in [0.25, 0.3) is 0 Å². The molecule has 0 fully saturated rings. The molecule has 2 rings (SSSR count). The molecule has 0 heterocycles. The van der Waals surface area contributed by atoms with Crippen LogP contribution in [0.15, 0.2) is 39.8 Å². The van der Waals surface area contributed by atoms with Crippen LogP contribution in [-0.4, -0.2) is 12.9 Å². The van der Waals surface area contributed by atoms with Crippen LogP contribution in [0.2, 0.25) is 18.1 Å². The summed E-state index contributed by atoms with van der Waals surface area (Å²) >= 11 is -1.89. The second-order valence-electron chi connectivity index (χ2n) is 8.20. The molecule has 0 bridgehead atoms. The van der Waals surface area contributed by atoms with Gasteiger partial charge in [-0.05, 0) is 0 Å². The minimum atomic E-state index is -1.89. The van der Waals surface area contributed by atoms with Gasteiger partial charge in [0.2, 0.25) is 0 Å². The van der Waals surface area contributed by atoms with Crippen LogP contribution in [0.5, 0.6) is 5.75 Å². The fourth-order valence-electron chi connectivity index (χ4n) is 2.75. The molecule has 1 nitrogen and oxygen atoms in total. The van der Waals surface area contributed by atoms with Crippen LogP contribution in [0.4, 0.5) is 0 Å². The number of allylic oxidation sites excluding steroid dienone is 4. The van der Waals surface area contributed by atoms with Crippen LogP contribution in [0.1, 0.15) is 39.7 Å². The molecule has 5 heteroatoms. The Morgan fingerprint density at radius 3 is 2.16 bits per heavy atom.